The lowest BCUT2D eigenvalue weighted by Gasteiger charge is -2.08. The summed E-state index contributed by atoms with van der Waals surface area (Å²) in [6.45, 7) is 0.261. The lowest BCUT2D eigenvalue weighted by atomic mass is 10.3. The molecule has 5 nitrogen and oxygen atoms in total. The molecule has 1 aromatic heterocycles. The molecule has 19 heavy (non-hydrogen) atoms. The number of furan rings is 1. The average Bonchev–Trinajstić information content (AvgIpc) is 2.85. The van der Waals surface area contributed by atoms with E-state index in [0.717, 1.165) is 5.76 Å². The zero-order chi connectivity index (χ0) is 13.9. The Balaban J connectivity index is 2.07. The third-order valence-corrected chi connectivity index (χ3v) is 4.94. The molecule has 3 N–H and O–H groups in total. The predicted octanol–water partition coefficient (Wildman–Crippen LogP) is 2.15. The number of sulfonamides is 1. The highest BCUT2D eigenvalue weighted by atomic mass is 79.9. The van der Waals surface area contributed by atoms with Crippen molar-refractivity contribution < 1.29 is 12.8 Å². The van der Waals surface area contributed by atoms with Gasteiger partial charge >= 0.3 is 0 Å². The Bertz CT molecular complexity index is 654. The lowest BCUT2D eigenvalue weighted by molar-refractivity contribution is 0.506. The molecule has 0 bridgehead atoms. The number of rotatable bonds is 5. The van der Waals surface area contributed by atoms with Crippen LogP contribution in [-0.4, -0.2) is 15.0 Å². The van der Waals surface area contributed by atoms with Crippen molar-refractivity contribution in [2.24, 2.45) is 0 Å². The molecular formula is C12H13BrN2O3S. The third kappa shape index (κ3) is 3.59. The maximum Gasteiger partial charge on any atom is 0.241 e. The van der Waals surface area contributed by atoms with Crippen LogP contribution in [0.15, 0.2) is 50.4 Å². The maximum atomic E-state index is 12.1. The zero-order valence-electron chi connectivity index (χ0n) is 9.97. The highest BCUT2D eigenvalue weighted by molar-refractivity contribution is 9.10. The van der Waals surface area contributed by atoms with Crippen LogP contribution in [0, 0.1) is 0 Å². The molecule has 2 aromatic rings. The van der Waals surface area contributed by atoms with Gasteiger partial charge in [-0.05, 0) is 46.3 Å². The molecule has 1 aromatic carbocycles. The summed E-state index contributed by atoms with van der Waals surface area (Å²) in [6, 6.07) is 8.21. The molecule has 102 valence electrons. The van der Waals surface area contributed by atoms with E-state index in [-0.39, 0.29) is 11.4 Å². The van der Waals surface area contributed by atoms with E-state index < -0.39 is 10.0 Å². The van der Waals surface area contributed by atoms with Crippen LogP contribution in [0.4, 0.5) is 5.69 Å². The first-order valence-corrected chi connectivity index (χ1v) is 7.84. The van der Waals surface area contributed by atoms with Gasteiger partial charge in [-0.2, -0.15) is 0 Å². The summed E-state index contributed by atoms with van der Waals surface area (Å²) in [7, 11) is -3.59. The van der Waals surface area contributed by atoms with Crippen LogP contribution < -0.4 is 10.5 Å². The van der Waals surface area contributed by atoms with Crippen molar-refractivity contribution in [2.45, 2.75) is 11.3 Å². The fourth-order valence-electron chi connectivity index (χ4n) is 1.57. The van der Waals surface area contributed by atoms with Crippen LogP contribution in [0.25, 0.3) is 0 Å². The number of nitrogens with two attached hydrogens (primary N) is 1. The largest absolute Gasteiger partial charge is 0.469 e. The van der Waals surface area contributed by atoms with E-state index in [4.69, 9.17) is 10.2 Å². The Morgan fingerprint density at radius 3 is 2.79 bits per heavy atom. The van der Waals surface area contributed by atoms with Crippen LogP contribution in [0.1, 0.15) is 5.76 Å². The number of nitrogen functional groups attached to an aromatic ring is 1. The monoisotopic (exact) mass is 344 g/mol. The molecule has 0 spiro atoms. The van der Waals surface area contributed by atoms with Gasteiger partial charge in [0, 0.05) is 23.1 Å². The van der Waals surface area contributed by atoms with Crippen LogP contribution in [0.3, 0.4) is 0 Å². The van der Waals surface area contributed by atoms with Crippen LogP contribution in [-0.2, 0) is 16.4 Å². The number of nitrogens with one attached hydrogen (secondary N) is 1. The molecule has 0 radical (unpaired) electrons. The molecule has 1 heterocycles. The molecule has 0 aliphatic rings. The van der Waals surface area contributed by atoms with Crippen molar-refractivity contribution in [3.05, 3.63) is 46.8 Å². The first kappa shape index (κ1) is 14.1. The molecule has 0 fully saturated rings. The summed E-state index contributed by atoms with van der Waals surface area (Å²) in [5.74, 6) is 0.731. The first-order chi connectivity index (χ1) is 8.99. The van der Waals surface area contributed by atoms with Gasteiger partial charge in [0.15, 0.2) is 0 Å². The summed E-state index contributed by atoms with van der Waals surface area (Å²) >= 11 is 3.20. The summed E-state index contributed by atoms with van der Waals surface area (Å²) in [4.78, 5) is 0.131. The second kappa shape index (κ2) is 5.77. The van der Waals surface area contributed by atoms with Crippen molar-refractivity contribution in [1.29, 1.82) is 0 Å². The van der Waals surface area contributed by atoms with Gasteiger partial charge in [0.05, 0.1) is 11.2 Å². The zero-order valence-corrected chi connectivity index (χ0v) is 12.4. The Kier molecular flexibility index (Phi) is 4.28. The topological polar surface area (TPSA) is 85.3 Å². The Morgan fingerprint density at radius 2 is 2.11 bits per heavy atom. The normalized spacial score (nSPS) is 11.6. The molecule has 0 atom stereocenters. The summed E-state index contributed by atoms with van der Waals surface area (Å²) in [5, 5.41) is 0. The van der Waals surface area contributed by atoms with Gasteiger partial charge in [-0.25, -0.2) is 13.1 Å². The van der Waals surface area contributed by atoms with Crippen molar-refractivity contribution in [2.75, 3.05) is 12.3 Å². The summed E-state index contributed by atoms with van der Waals surface area (Å²) in [6.07, 6.45) is 2.05. The highest BCUT2D eigenvalue weighted by Crippen LogP contribution is 2.23. The van der Waals surface area contributed by atoms with E-state index in [1.807, 2.05) is 0 Å². The Hall–Kier alpha value is -1.31. The summed E-state index contributed by atoms with van der Waals surface area (Å²) in [5.41, 5.74) is 6.00. The minimum atomic E-state index is -3.59. The molecule has 0 saturated carbocycles. The van der Waals surface area contributed by atoms with E-state index >= 15 is 0 Å². The van der Waals surface area contributed by atoms with Gasteiger partial charge in [0.25, 0.3) is 0 Å². The van der Waals surface area contributed by atoms with Crippen LogP contribution in [0.5, 0.6) is 0 Å². The summed E-state index contributed by atoms with van der Waals surface area (Å²) < 4.78 is 32.3. The van der Waals surface area contributed by atoms with Gasteiger partial charge in [0.1, 0.15) is 5.76 Å². The smallest absolute Gasteiger partial charge is 0.241 e. The van der Waals surface area contributed by atoms with Crippen molar-refractivity contribution in [3.63, 3.8) is 0 Å². The standard InChI is InChI=1S/C12H13BrN2O3S/c13-11-4-3-9(14)8-12(11)19(16,17)15-6-5-10-2-1-7-18-10/h1-4,7-8,15H,5-6,14H2. The minimum absolute atomic E-state index is 0.131. The number of hydrogen-bond donors (Lipinski definition) is 2. The minimum Gasteiger partial charge on any atom is -0.469 e. The molecule has 7 heteroatoms. The van der Waals surface area contributed by atoms with E-state index in [1.54, 1.807) is 30.5 Å². The Labute approximate surface area is 120 Å². The maximum absolute atomic E-state index is 12.1. The van der Waals surface area contributed by atoms with Crippen molar-refractivity contribution in [3.8, 4) is 0 Å². The van der Waals surface area contributed by atoms with E-state index in [1.165, 1.54) is 6.07 Å². The van der Waals surface area contributed by atoms with Gasteiger partial charge in [-0.3, -0.25) is 0 Å². The van der Waals surface area contributed by atoms with Gasteiger partial charge in [-0.1, -0.05) is 0 Å². The van der Waals surface area contributed by atoms with Crippen LogP contribution >= 0.6 is 15.9 Å². The number of benzene rings is 1. The molecule has 0 aliphatic carbocycles. The number of halogens is 1. The van der Waals surface area contributed by atoms with E-state index in [0.29, 0.717) is 16.6 Å². The number of anilines is 1. The molecule has 0 aliphatic heterocycles. The highest BCUT2D eigenvalue weighted by Gasteiger charge is 2.17. The van der Waals surface area contributed by atoms with Gasteiger partial charge < -0.3 is 10.2 Å². The molecule has 2 rings (SSSR count). The lowest BCUT2D eigenvalue weighted by Crippen LogP contribution is -2.26. The quantitative estimate of drug-likeness (QED) is 0.813. The van der Waals surface area contributed by atoms with E-state index in [2.05, 4.69) is 20.7 Å². The Morgan fingerprint density at radius 1 is 1.32 bits per heavy atom. The fourth-order valence-corrected chi connectivity index (χ4v) is 3.60. The van der Waals surface area contributed by atoms with Gasteiger partial charge in [0.2, 0.25) is 10.0 Å². The SMILES string of the molecule is Nc1ccc(Br)c(S(=O)(=O)NCCc2ccco2)c1. The predicted molar refractivity (Wildman–Crippen MR) is 76.2 cm³/mol. The number of hydrogen-bond acceptors (Lipinski definition) is 4. The fraction of sp³-hybridized carbons (Fsp3) is 0.167. The van der Waals surface area contributed by atoms with Crippen LogP contribution in [0.2, 0.25) is 0 Å². The third-order valence-electron chi connectivity index (χ3n) is 2.49. The molecular weight excluding hydrogens is 332 g/mol. The second-order valence-electron chi connectivity index (χ2n) is 3.92. The second-order valence-corrected chi connectivity index (χ2v) is 6.51. The first-order valence-electron chi connectivity index (χ1n) is 5.56. The molecule has 0 amide bonds. The van der Waals surface area contributed by atoms with Gasteiger partial charge in [-0.15, -0.1) is 0 Å². The van der Waals surface area contributed by atoms with Crippen molar-refractivity contribution >= 4 is 31.6 Å². The average molecular weight is 345 g/mol. The van der Waals surface area contributed by atoms with Crippen molar-refractivity contribution in [1.82, 2.24) is 4.72 Å². The molecule has 0 unspecified atom stereocenters. The van der Waals surface area contributed by atoms with E-state index in [9.17, 15) is 8.42 Å². The molecule has 0 saturated heterocycles.